The predicted octanol–water partition coefficient (Wildman–Crippen LogP) is 2.03. The zero-order valence-electron chi connectivity index (χ0n) is 11.8. The molecular formula is C15H20FNO3S. The number of rotatable bonds is 7. The van der Waals surface area contributed by atoms with Crippen molar-refractivity contribution in [2.45, 2.75) is 37.2 Å². The van der Waals surface area contributed by atoms with Crippen molar-refractivity contribution in [2.75, 3.05) is 6.54 Å². The molecule has 21 heavy (non-hydrogen) atoms. The van der Waals surface area contributed by atoms with Gasteiger partial charge in [0.1, 0.15) is 10.7 Å². The highest BCUT2D eigenvalue weighted by Gasteiger charge is 2.41. The molecule has 0 atom stereocenters. The predicted molar refractivity (Wildman–Crippen MR) is 76.4 cm³/mol. The first-order valence-corrected chi connectivity index (χ1v) is 8.88. The van der Waals surface area contributed by atoms with Gasteiger partial charge in [-0.25, -0.2) is 17.5 Å². The number of sulfonamides is 1. The lowest BCUT2D eigenvalue weighted by Gasteiger charge is -2.16. The van der Waals surface area contributed by atoms with Crippen molar-refractivity contribution in [3.05, 3.63) is 29.6 Å². The first-order valence-electron chi connectivity index (χ1n) is 7.40. The average Bonchev–Trinajstić information content (AvgIpc) is 3.31. The Bertz CT molecular complexity index is 612. The molecule has 0 amide bonds. The van der Waals surface area contributed by atoms with Gasteiger partial charge < -0.3 is 5.11 Å². The molecule has 0 aliphatic heterocycles. The molecule has 4 nitrogen and oxygen atoms in total. The molecule has 6 heteroatoms. The second kappa shape index (κ2) is 5.66. The van der Waals surface area contributed by atoms with E-state index in [9.17, 15) is 12.8 Å². The molecule has 0 aromatic heterocycles. The fourth-order valence-electron chi connectivity index (χ4n) is 2.91. The molecule has 116 valence electrons. The summed E-state index contributed by atoms with van der Waals surface area (Å²) in [5.41, 5.74) is 0.361. The van der Waals surface area contributed by atoms with Crippen LogP contribution in [-0.4, -0.2) is 20.1 Å². The molecule has 2 aliphatic carbocycles. The fraction of sp³-hybridized carbons (Fsp3) is 0.600. The molecular weight excluding hydrogens is 293 g/mol. The number of nitrogens with one attached hydrogen (secondary N) is 1. The van der Waals surface area contributed by atoms with E-state index in [1.54, 1.807) is 0 Å². The Morgan fingerprint density at radius 2 is 1.86 bits per heavy atom. The molecule has 0 radical (unpaired) electrons. The Balaban J connectivity index is 1.71. The number of benzene rings is 1. The number of halogens is 1. The van der Waals surface area contributed by atoms with E-state index in [-0.39, 0.29) is 11.5 Å². The van der Waals surface area contributed by atoms with Crippen LogP contribution in [0.5, 0.6) is 0 Å². The Morgan fingerprint density at radius 3 is 2.33 bits per heavy atom. The number of aliphatic hydroxyl groups excluding tert-OH is 1. The van der Waals surface area contributed by atoms with E-state index in [1.165, 1.54) is 37.8 Å². The molecule has 2 fully saturated rings. The molecule has 0 bridgehead atoms. The Hall–Kier alpha value is -0.980. The highest BCUT2D eigenvalue weighted by molar-refractivity contribution is 7.89. The number of hydrogen-bond donors (Lipinski definition) is 2. The monoisotopic (exact) mass is 313 g/mol. The smallest absolute Gasteiger partial charge is 0.243 e. The lowest BCUT2D eigenvalue weighted by Crippen LogP contribution is -2.31. The molecule has 0 saturated heterocycles. The zero-order valence-corrected chi connectivity index (χ0v) is 12.6. The van der Waals surface area contributed by atoms with Crippen molar-refractivity contribution in [2.24, 2.45) is 17.8 Å². The van der Waals surface area contributed by atoms with Crippen molar-refractivity contribution < 1.29 is 17.9 Å². The average molecular weight is 313 g/mol. The second-order valence-electron chi connectivity index (χ2n) is 6.11. The summed E-state index contributed by atoms with van der Waals surface area (Å²) in [6.07, 6.45) is 4.73. The first-order chi connectivity index (χ1) is 10.0. The van der Waals surface area contributed by atoms with Crippen LogP contribution in [0.1, 0.15) is 31.2 Å². The van der Waals surface area contributed by atoms with Gasteiger partial charge >= 0.3 is 0 Å². The van der Waals surface area contributed by atoms with Crippen LogP contribution >= 0.6 is 0 Å². The van der Waals surface area contributed by atoms with Gasteiger partial charge in [0.2, 0.25) is 10.0 Å². The summed E-state index contributed by atoms with van der Waals surface area (Å²) >= 11 is 0. The van der Waals surface area contributed by atoms with Gasteiger partial charge in [-0.1, -0.05) is 6.07 Å². The van der Waals surface area contributed by atoms with Gasteiger partial charge in [-0.05, 0) is 61.1 Å². The van der Waals surface area contributed by atoms with Gasteiger partial charge in [-0.2, -0.15) is 0 Å². The van der Waals surface area contributed by atoms with Crippen molar-refractivity contribution in [1.29, 1.82) is 0 Å². The molecule has 2 N–H and O–H groups in total. The molecule has 0 spiro atoms. The van der Waals surface area contributed by atoms with Crippen molar-refractivity contribution >= 4 is 10.0 Å². The van der Waals surface area contributed by atoms with E-state index in [1.807, 2.05) is 0 Å². The van der Waals surface area contributed by atoms with Crippen molar-refractivity contribution in [1.82, 2.24) is 4.72 Å². The van der Waals surface area contributed by atoms with Crippen molar-refractivity contribution in [3.63, 3.8) is 0 Å². The van der Waals surface area contributed by atoms with E-state index in [4.69, 9.17) is 5.11 Å². The van der Waals surface area contributed by atoms with Gasteiger partial charge in [0.05, 0.1) is 6.61 Å². The topological polar surface area (TPSA) is 66.4 Å². The van der Waals surface area contributed by atoms with Gasteiger partial charge in [-0.15, -0.1) is 0 Å². The van der Waals surface area contributed by atoms with E-state index in [0.717, 1.165) is 6.07 Å². The molecule has 2 aliphatic rings. The van der Waals surface area contributed by atoms with Crippen LogP contribution in [0, 0.1) is 23.6 Å². The number of hydrogen-bond acceptors (Lipinski definition) is 3. The first kappa shape index (κ1) is 14.9. The van der Waals surface area contributed by atoms with E-state index in [2.05, 4.69) is 4.72 Å². The normalized spacial score (nSPS) is 19.2. The zero-order chi connectivity index (χ0) is 15.0. The Kier molecular flexibility index (Phi) is 4.03. The molecule has 0 heterocycles. The summed E-state index contributed by atoms with van der Waals surface area (Å²) < 4.78 is 40.9. The summed E-state index contributed by atoms with van der Waals surface area (Å²) in [7, 11) is -3.83. The quantitative estimate of drug-likeness (QED) is 0.809. The van der Waals surface area contributed by atoms with E-state index >= 15 is 0 Å². The summed E-state index contributed by atoms with van der Waals surface area (Å²) in [6.45, 7) is 0.0922. The van der Waals surface area contributed by atoms with Crippen LogP contribution in [0.25, 0.3) is 0 Å². The highest BCUT2D eigenvalue weighted by atomic mass is 32.2. The maximum atomic E-state index is 13.9. The standard InChI is InChI=1S/C15H20FNO3S/c16-14-7-10(9-18)1-6-15(14)21(19,20)17-8-13(11-2-3-11)12-4-5-12/h1,6-7,11-13,17-18H,2-5,8-9H2. The molecule has 3 rings (SSSR count). The molecule has 1 aromatic rings. The lowest BCUT2D eigenvalue weighted by atomic mass is 9.99. The third kappa shape index (κ3) is 3.44. The minimum atomic E-state index is -3.83. The third-order valence-electron chi connectivity index (χ3n) is 4.43. The Labute approximate surface area is 124 Å². The summed E-state index contributed by atoms with van der Waals surface area (Å²) in [6, 6.07) is 3.71. The van der Waals surface area contributed by atoms with Crippen LogP contribution in [-0.2, 0) is 16.6 Å². The van der Waals surface area contributed by atoms with E-state index < -0.39 is 15.8 Å². The van der Waals surface area contributed by atoms with Crippen molar-refractivity contribution in [3.8, 4) is 0 Å². The maximum absolute atomic E-state index is 13.9. The molecule has 0 unspecified atom stereocenters. The molecule has 1 aromatic carbocycles. The van der Waals surface area contributed by atoms with Gasteiger partial charge in [0.15, 0.2) is 0 Å². The Morgan fingerprint density at radius 1 is 1.24 bits per heavy atom. The SMILES string of the molecule is O=S(=O)(NCC(C1CC1)C1CC1)c1ccc(CO)cc1F. The lowest BCUT2D eigenvalue weighted by molar-refractivity contribution is 0.281. The third-order valence-corrected chi connectivity index (χ3v) is 5.89. The fourth-order valence-corrected chi connectivity index (χ4v) is 4.04. The van der Waals surface area contributed by atoms with Crippen LogP contribution in [0.4, 0.5) is 4.39 Å². The van der Waals surface area contributed by atoms with E-state index in [0.29, 0.717) is 29.9 Å². The van der Waals surface area contributed by atoms with Crippen LogP contribution < -0.4 is 4.72 Å². The maximum Gasteiger partial charge on any atom is 0.243 e. The summed E-state index contributed by atoms with van der Waals surface area (Å²) in [5, 5.41) is 8.94. The van der Waals surface area contributed by atoms with Crippen LogP contribution in [0.3, 0.4) is 0 Å². The summed E-state index contributed by atoms with van der Waals surface area (Å²) in [5.74, 6) is 0.867. The summed E-state index contributed by atoms with van der Waals surface area (Å²) in [4.78, 5) is -0.343. The molecule has 2 saturated carbocycles. The minimum Gasteiger partial charge on any atom is -0.392 e. The largest absolute Gasteiger partial charge is 0.392 e. The van der Waals surface area contributed by atoms with Crippen LogP contribution in [0.2, 0.25) is 0 Å². The van der Waals surface area contributed by atoms with Gasteiger partial charge in [-0.3, -0.25) is 0 Å². The second-order valence-corrected chi connectivity index (χ2v) is 7.85. The minimum absolute atomic E-state index is 0.309. The van der Waals surface area contributed by atoms with Crippen LogP contribution in [0.15, 0.2) is 23.1 Å². The van der Waals surface area contributed by atoms with Gasteiger partial charge in [0, 0.05) is 6.54 Å². The number of aliphatic hydroxyl groups is 1. The highest BCUT2D eigenvalue weighted by Crippen LogP contribution is 2.48. The van der Waals surface area contributed by atoms with Gasteiger partial charge in [0.25, 0.3) is 0 Å².